The Labute approximate surface area is 128 Å². The number of hydrogen-bond donors (Lipinski definition) is 2. The number of ether oxygens (including phenoxy) is 1. The van der Waals surface area contributed by atoms with Crippen molar-refractivity contribution in [3.05, 3.63) is 0 Å². The molecule has 2 rings (SSSR count). The van der Waals surface area contributed by atoms with Crippen molar-refractivity contribution in [1.29, 1.82) is 0 Å². The molecule has 0 spiro atoms. The molecule has 2 unspecified atom stereocenters. The highest BCUT2D eigenvalue weighted by Crippen LogP contribution is 2.29. The molecule has 7 heteroatoms. The van der Waals surface area contributed by atoms with Crippen molar-refractivity contribution in [3.63, 3.8) is 0 Å². The third-order valence-corrected chi connectivity index (χ3v) is 5.69. The molecule has 0 bridgehead atoms. The fraction of sp³-hybridized carbons (Fsp3) is 1.00. The van der Waals surface area contributed by atoms with E-state index >= 15 is 0 Å². The van der Waals surface area contributed by atoms with Crippen molar-refractivity contribution in [2.24, 2.45) is 5.41 Å². The predicted molar refractivity (Wildman–Crippen MR) is 82.8 cm³/mol. The highest BCUT2D eigenvalue weighted by atomic mass is 35.5. The molecule has 0 aromatic carbocycles. The molecule has 0 aromatic heterocycles. The Morgan fingerprint density at radius 2 is 2.10 bits per heavy atom. The number of piperidine rings is 1. The van der Waals surface area contributed by atoms with Crippen LogP contribution < -0.4 is 10.0 Å². The van der Waals surface area contributed by atoms with E-state index in [0.29, 0.717) is 13.2 Å². The van der Waals surface area contributed by atoms with Crippen molar-refractivity contribution in [2.75, 3.05) is 25.4 Å². The van der Waals surface area contributed by atoms with Crippen LogP contribution in [0.5, 0.6) is 0 Å². The third kappa shape index (κ3) is 5.15. The van der Waals surface area contributed by atoms with Crippen LogP contribution >= 0.6 is 12.4 Å². The van der Waals surface area contributed by atoms with Gasteiger partial charge in [-0.25, -0.2) is 13.1 Å². The highest BCUT2D eigenvalue weighted by Gasteiger charge is 2.33. The van der Waals surface area contributed by atoms with Gasteiger partial charge in [-0.1, -0.05) is 13.8 Å². The van der Waals surface area contributed by atoms with Crippen LogP contribution in [-0.4, -0.2) is 46.0 Å². The van der Waals surface area contributed by atoms with E-state index in [2.05, 4.69) is 23.9 Å². The quantitative estimate of drug-likeness (QED) is 0.799. The zero-order chi connectivity index (χ0) is 13.9. The molecule has 2 atom stereocenters. The van der Waals surface area contributed by atoms with Gasteiger partial charge in [-0.15, -0.1) is 12.4 Å². The lowest BCUT2D eigenvalue weighted by Gasteiger charge is -2.39. The fourth-order valence-corrected chi connectivity index (χ4v) is 4.20. The predicted octanol–water partition coefficient (Wildman–Crippen LogP) is 1.28. The third-order valence-electron chi connectivity index (χ3n) is 4.27. The molecule has 0 radical (unpaired) electrons. The van der Waals surface area contributed by atoms with Gasteiger partial charge < -0.3 is 10.1 Å². The van der Waals surface area contributed by atoms with E-state index < -0.39 is 10.0 Å². The smallest absolute Gasteiger partial charge is 0.214 e. The molecule has 0 aromatic rings. The van der Waals surface area contributed by atoms with Gasteiger partial charge in [0.1, 0.15) is 0 Å². The second kappa shape index (κ2) is 7.40. The lowest BCUT2D eigenvalue weighted by molar-refractivity contribution is 0.127. The molecule has 2 N–H and O–H groups in total. The van der Waals surface area contributed by atoms with Gasteiger partial charge in [0.2, 0.25) is 10.0 Å². The number of sulfonamides is 1. The van der Waals surface area contributed by atoms with E-state index in [-0.39, 0.29) is 35.7 Å². The minimum Gasteiger partial charge on any atom is -0.377 e. The molecule has 2 aliphatic heterocycles. The van der Waals surface area contributed by atoms with Gasteiger partial charge in [0.15, 0.2) is 0 Å². The summed E-state index contributed by atoms with van der Waals surface area (Å²) in [5.74, 6) is 0.0974. The molecular weight excluding hydrogens is 300 g/mol. The van der Waals surface area contributed by atoms with Gasteiger partial charge in [0.25, 0.3) is 0 Å². The molecule has 20 heavy (non-hydrogen) atoms. The Kier molecular flexibility index (Phi) is 6.73. The van der Waals surface area contributed by atoms with Crippen LogP contribution in [0.25, 0.3) is 0 Å². The molecule has 0 saturated carbocycles. The summed E-state index contributed by atoms with van der Waals surface area (Å²) < 4.78 is 32.2. The maximum atomic E-state index is 12.0. The Bertz CT molecular complexity index is 394. The van der Waals surface area contributed by atoms with E-state index in [4.69, 9.17) is 4.74 Å². The molecule has 0 amide bonds. The monoisotopic (exact) mass is 326 g/mol. The van der Waals surface area contributed by atoms with Crippen molar-refractivity contribution in [1.82, 2.24) is 10.0 Å². The van der Waals surface area contributed by atoms with Gasteiger partial charge >= 0.3 is 0 Å². The van der Waals surface area contributed by atoms with Crippen molar-refractivity contribution < 1.29 is 13.2 Å². The molecule has 0 aliphatic carbocycles. The lowest BCUT2D eigenvalue weighted by atomic mass is 9.78. The van der Waals surface area contributed by atoms with Crippen LogP contribution in [0, 0.1) is 5.41 Å². The van der Waals surface area contributed by atoms with E-state index in [1.54, 1.807) is 0 Å². The Hall–Kier alpha value is 0.120. The largest absolute Gasteiger partial charge is 0.377 e. The standard InChI is InChI=1S/C13H26N2O3S.ClH/c1-13(2)6-4-7-14-12(13)9-15-19(16,17)10-11-5-3-8-18-11;/h11-12,14-15H,3-10H2,1-2H3;1H. The van der Waals surface area contributed by atoms with Crippen LogP contribution in [-0.2, 0) is 14.8 Å². The fourth-order valence-electron chi connectivity index (χ4n) is 2.91. The normalized spacial score (nSPS) is 29.9. The number of hydrogen-bond acceptors (Lipinski definition) is 4. The first kappa shape index (κ1) is 18.2. The number of rotatable bonds is 5. The average molecular weight is 327 g/mol. The van der Waals surface area contributed by atoms with Crippen molar-refractivity contribution >= 4 is 22.4 Å². The van der Waals surface area contributed by atoms with Crippen molar-refractivity contribution in [2.45, 2.75) is 51.7 Å². The van der Waals surface area contributed by atoms with Gasteiger partial charge in [0.05, 0.1) is 11.9 Å². The second-order valence-corrected chi connectivity index (χ2v) is 8.22. The number of halogens is 1. The van der Waals surface area contributed by atoms with Gasteiger partial charge in [0, 0.05) is 19.2 Å². The van der Waals surface area contributed by atoms with Crippen LogP contribution in [0.1, 0.15) is 39.5 Å². The van der Waals surface area contributed by atoms with Crippen LogP contribution in [0.2, 0.25) is 0 Å². The summed E-state index contributed by atoms with van der Waals surface area (Å²) in [6, 6.07) is 0.209. The zero-order valence-corrected chi connectivity index (χ0v) is 14.0. The maximum absolute atomic E-state index is 12.0. The lowest BCUT2D eigenvalue weighted by Crippen LogP contribution is -2.53. The summed E-state index contributed by atoms with van der Waals surface area (Å²) in [5.41, 5.74) is 0.143. The first-order valence-corrected chi connectivity index (χ1v) is 8.87. The van der Waals surface area contributed by atoms with E-state index in [0.717, 1.165) is 32.2 Å². The average Bonchev–Trinajstić information content (AvgIpc) is 2.79. The summed E-state index contributed by atoms with van der Waals surface area (Å²) >= 11 is 0. The summed E-state index contributed by atoms with van der Waals surface area (Å²) in [5, 5.41) is 3.42. The first-order valence-electron chi connectivity index (χ1n) is 7.21. The molecule has 120 valence electrons. The van der Waals surface area contributed by atoms with Gasteiger partial charge in [-0.3, -0.25) is 0 Å². The van der Waals surface area contributed by atoms with Gasteiger partial charge in [-0.2, -0.15) is 0 Å². The molecule has 2 aliphatic rings. The van der Waals surface area contributed by atoms with Crippen LogP contribution in [0.3, 0.4) is 0 Å². The molecule has 2 saturated heterocycles. The minimum absolute atomic E-state index is 0. The topological polar surface area (TPSA) is 67.4 Å². The molecule has 2 heterocycles. The SMILES string of the molecule is CC1(C)CCCNC1CNS(=O)(=O)CC1CCCO1.Cl. The Morgan fingerprint density at radius 1 is 1.35 bits per heavy atom. The zero-order valence-electron chi connectivity index (χ0n) is 12.4. The molecular formula is C13H27ClN2O3S. The molecule has 2 fully saturated rings. The van der Waals surface area contributed by atoms with Gasteiger partial charge in [-0.05, 0) is 37.6 Å². The minimum atomic E-state index is -3.23. The van der Waals surface area contributed by atoms with E-state index in [9.17, 15) is 8.42 Å². The van der Waals surface area contributed by atoms with Crippen LogP contribution in [0.4, 0.5) is 0 Å². The second-order valence-electron chi connectivity index (χ2n) is 6.36. The summed E-state index contributed by atoms with van der Waals surface area (Å²) in [7, 11) is -3.23. The maximum Gasteiger partial charge on any atom is 0.214 e. The summed E-state index contributed by atoms with van der Waals surface area (Å²) in [6.45, 7) is 6.53. The first-order chi connectivity index (χ1) is 8.89. The van der Waals surface area contributed by atoms with Crippen LogP contribution in [0.15, 0.2) is 0 Å². The Morgan fingerprint density at radius 3 is 2.70 bits per heavy atom. The summed E-state index contributed by atoms with van der Waals surface area (Å²) in [4.78, 5) is 0. The molecule has 5 nitrogen and oxygen atoms in total. The van der Waals surface area contributed by atoms with E-state index in [1.807, 2.05) is 0 Å². The van der Waals surface area contributed by atoms with E-state index in [1.165, 1.54) is 0 Å². The summed E-state index contributed by atoms with van der Waals surface area (Å²) in [6.07, 6.45) is 4.00. The Balaban J connectivity index is 0.00000200. The van der Waals surface area contributed by atoms with Crippen molar-refractivity contribution in [3.8, 4) is 0 Å². The highest BCUT2D eigenvalue weighted by molar-refractivity contribution is 7.89. The number of nitrogens with one attached hydrogen (secondary N) is 2.